The molecule has 0 radical (unpaired) electrons. The van der Waals surface area contributed by atoms with E-state index in [0.717, 1.165) is 6.54 Å². The predicted molar refractivity (Wildman–Crippen MR) is 46.2 cm³/mol. The third kappa shape index (κ3) is 9.75. The van der Waals surface area contributed by atoms with Gasteiger partial charge in [-0.1, -0.05) is 19.8 Å². The first-order valence-electron chi connectivity index (χ1n) is 3.90. The van der Waals surface area contributed by atoms with Crippen molar-refractivity contribution < 1.29 is 26.1 Å². The monoisotopic (exact) mass is 237 g/mol. The largest absolute Gasteiger partial charge is 0.522 e. The molecule has 0 spiro atoms. The van der Waals surface area contributed by atoms with Crippen LogP contribution in [-0.4, -0.2) is 25.0 Å². The molecule has 0 atom stereocenters. The summed E-state index contributed by atoms with van der Waals surface area (Å²) in [6.07, 6.45) is 3.75. The molecule has 0 aliphatic heterocycles. The molecule has 3 N–H and O–H groups in total. The zero-order valence-electron chi connectivity index (χ0n) is 7.71. The Morgan fingerprint density at radius 2 is 1.64 bits per heavy atom. The predicted octanol–water partition coefficient (Wildman–Crippen LogP) is 1.53. The number of halogens is 3. The minimum atomic E-state index is -5.84. The molecule has 0 rings (SSSR count). The minimum Gasteiger partial charge on any atom is -0.330 e. The molecule has 0 bridgehead atoms. The third-order valence-corrected chi connectivity index (χ3v) is 1.69. The number of alkyl halides is 3. The standard InChI is InChI=1S/C5H13N.CHF3O3S/c1-2-3-4-5-6;2-1(3,4)8(5,6)7/h2-6H2,1H3;(H,5,6,7). The number of nitrogens with two attached hydrogens (primary N) is 1. The maximum absolute atomic E-state index is 10.7. The Hall–Kier alpha value is -0.340. The van der Waals surface area contributed by atoms with Gasteiger partial charge in [-0.15, -0.1) is 0 Å². The molecule has 0 aliphatic carbocycles. The van der Waals surface area contributed by atoms with E-state index in [1.165, 1.54) is 19.3 Å². The summed E-state index contributed by atoms with van der Waals surface area (Å²) >= 11 is 0. The zero-order chi connectivity index (χ0) is 11.8. The molecule has 0 amide bonds. The summed E-state index contributed by atoms with van der Waals surface area (Å²) in [7, 11) is -5.84. The molecule has 0 fully saturated rings. The van der Waals surface area contributed by atoms with Gasteiger partial charge in [0.1, 0.15) is 0 Å². The van der Waals surface area contributed by atoms with Gasteiger partial charge in [0.2, 0.25) is 0 Å². The van der Waals surface area contributed by atoms with Crippen LogP contribution in [0.4, 0.5) is 13.2 Å². The first-order chi connectivity index (χ1) is 6.16. The van der Waals surface area contributed by atoms with Crippen LogP contribution >= 0.6 is 0 Å². The van der Waals surface area contributed by atoms with Crippen molar-refractivity contribution in [3.63, 3.8) is 0 Å². The molecule has 0 aromatic heterocycles. The number of unbranched alkanes of at least 4 members (excludes halogenated alkanes) is 2. The maximum Gasteiger partial charge on any atom is 0.522 e. The maximum atomic E-state index is 10.7. The molecule has 0 unspecified atom stereocenters. The van der Waals surface area contributed by atoms with E-state index in [1.807, 2.05) is 0 Å². The second-order valence-electron chi connectivity index (χ2n) is 2.42. The Morgan fingerprint density at radius 3 is 1.71 bits per heavy atom. The molecule has 0 aliphatic rings. The van der Waals surface area contributed by atoms with Crippen LogP contribution in [0, 0.1) is 0 Å². The first kappa shape index (κ1) is 16.1. The highest BCUT2D eigenvalue weighted by atomic mass is 32.2. The van der Waals surface area contributed by atoms with Gasteiger partial charge in [-0.05, 0) is 13.0 Å². The van der Waals surface area contributed by atoms with Crippen LogP contribution in [0.5, 0.6) is 0 Å². The summed E-state index contributed by atoms with van der Waals surface area (Å²) in [6, 6.07) is 0. The fourth-order valence-electron chi connectivity index (χ4n) is 0.394. The van der Waals surface area contributed by atoms with Crippen molar-refractivity contribution in [2.75, 3.05) is 6.54 Å². The summed E-state index contributed by atoms with van der Waals surface area (Å²) in [5, 5.41) is 0. The number of hydrogen-bond acceptors (Lipinski definition) is 3. The van der Waals surface area contributed by atoms with Crippen LogP contribution < -0.4 is 5.73 Å². The lowest BCUT2D eigenvalue weighted by Gasteiger charge is -1.97. The average molecular weight is 237 g/mol. The van der Waals surface area contributed by atoms with Gasteiger partial charge in [-0.3, -0.25) is 4.55 Å². The van der Waals surface area contributed by atoms with Crippen molar-refractivity contribution in [3.05, 3.63) is 0 Å². The van der Waals surface area contributed by atoms with E-state index < -0.39 is 15.6 Å². The van der Waals surface area contributed by atoms with Gasteiger partial charge in [0.25, 0.3) is 0 Å². The van der Waals surface area contributed by atoms with Crippen LogP contribution in [0.3, 0.4) is 0 Å². The first-order valence-corrected chi connectivity index (χ1v) is 5.34. The van der Waals surface area contributed by atoms with Crippen molar-refractivity contribution in [2.45, 2.75) is 31.7 Å². The van der Waals surface area contributed by atoms with E-state index in [0.29, 0.717) is 0 Å². The Bertz CT molecular complexity index is 221. The van der Waals surface area contributed by atoms with Crippen LogP contribution in [0.1, 0.15) is 26.2 Å². The molecule has 4 nitrogen and oxygen atoms in total. The normalized spacial score (nSPS) is 11.9. The van der Waals surface area contributed by atoms with E-state index in [2.05, 4.69) is 6.92 Å². The van der Waals surface area contributed by atoms with Gasteiger partial charge < -0.3 is 5.73 Å². The molecule has 0 aromatic rings. The van der Waals surface area contributed by atoms with E-state index >= 15 is 0 Å². The Kier molecular flexibility index (Phi) is 8.07. The van der Waals surface area contributed by atoms with Crippen LogP contribution in [0.15, 0.2) is 0 Å². The summed E-state index contributed by atoms with van der Waals surface area (Å²) in [4.78, 5) is 0. The molecular weight excluding hydrogens is 223 g/mol. The smallest absolute Gasteiger partial charge is 0.330 e. The van der Waals surface area contributed by atoms with Crippen molar-refractivity contribution in [3.8, 4) is 0 Å². The summed E-state index contributed by atoms with van der Waals surface area (Å²) in [6.45, 7) is 3.03. The summed E-state index contributed by atoms with van der Waals surface area (Å²) in [5.74, 6) is 0. The van der Waals surface area contributed by atoms with Crippen molar-refractivity contribution >= 4 is 10.1 Å². The SMILES string of the molecule is CCCCCN.O=S(=O)(O)C(F)(F)F. The summed E-state index contributed by atoms with van der Waals surface area (Å²) < 4.78 is 57.5. The Morgan fingerprint density at radius 1 is 1.29 bits per heavy atom. The van der Waals surface area contributed by atoms with Gasteiger partial charge in [0, 0.05) is 0 Å². The topological polar surface area (TPSA) is 80.4 Å². The molecule has 0 aromatic carbocycles. The quantitative estimate of drug-likeness (QED) is 0.443. The van der Waals surface area contributed by atoms with Gasteiger partial charge >= 0.3 is 15.6 Å². The highest BCUT2D eigenvalue weighted by Crippen LogP contribution is 2.20. The van der Waals surface area contributed by atoms with E-state index in [1.54, 1.807) is 0 Å². The minimum absolute atomic E-state index is 0.855. The molecule has 14 heavy (non-hydrogen) atoms. The molecule has 88 valence electrons. The highest BCUT2D eigenvalue weighted by Gasteiger charge is 2.44. The molecule has 8 heteroatoms. The van der Waals surface area contributed by atoms with Gasteiger partial charge in [0.15, 0.2) is 0 Å². The molecule has 0 heterocycles. The Balaban J connectivity index is 0. The molecule has 0 saturated heterocycles. The fraction of sp³-hybridized carbons (Fsp3) is 1.00. The third-order valence-electron chi connectivity index (χ3n) is 1.10. The fourth-order valence-corrected chi connectivity index (χ4v) is 0.394. The summed E-state index contributed by atoms with van der Waals surface area (Å²) in [5.41, 5.74) is -0.320. The van der Waals surface area contributed by atoms with E-state index in [4.69, 9.17) is 18.7 Å². The van der Waals surface area contributed by atoms with Crippen molar-refractivity contribution in [1.82, 2.24) is 0 Å². The van der Waals surface area contributed by atoms with Crippen molar-refractivity contribution in [2.24, 2.45) is 5.73 Å². The Labute approximate surface area is 81.0 Å². The molecular formula is C6H14F3NO3S. The van der Waals surface area contributed by atoms with Gasteiger partial charge in [0.05, 0.1) is 0 Å². The second-order valence-corrected chi connectivity index (χ2v) is 3.83. The zero-order valence-corrected chi connectivity index (χ0v) is 8.53. The molecule has 0 saturated carbocycles. The van der Waals surface area contributed by atoms with Gasteiger partial charge in [-0.2, -0.15) is 21.6 Å². The van der Waals surface area contributed by atoms with Crippen LogP contribution in [0.2, 0.25) is 0 Å². The van der Waals surface area contributed by atoms with Crippen LogP contribution in [-0.2, 0) is 10.1 Å². The lowest BCUT2D eigenvalue weighted by Crippen LogP contribution is -2.21. The van der Waals surface area contributed by atoms with Crippen molar-refractivity contribution in [1.29, 1.82) is 0 Å². The van der Waals surface area contributed by atoms with Gasteiger partial charge in [-0.25, -0.2) is 0 Å². The lowest BCUT2D eigenvalue weighted by atomic mass is 10.3. The highest BCUT2D eigenvalue weighted by molar-refractivity contribution is 7.86. The average Bonchev–Trinajstić information content (AvgIpc) is 1.98. The van der Waals surface area contributed by atoms with E-state index in [9.17, 15) is 13.2 Å². The number of rotatable bonds is 3. The van der Waals surface area contributed by atoms with E-state index in [-0.39, 0.29) is 0 Å². The number of hydrogen-bond donors (Lipinski definition) is 2. The van der Waals surface area contributed by atoms with Crippen LogP contribution in [0.25, 0.3) is 0 Å². The second kappa shape index (κ2) is 7.02. The lowest BCUT2D eigenvalue weighted by molar-refractivity contribution is -0.0510.